The lowest BCUT2D eigenvalue weighted by molar-refractivity contribution is -0.149. The first-order chi connectivity index (χ1) is 17.5. The van der Waals surface area contributed by atoms with Gasteiger partial charge in [0.15, 0.2) is 0 Å². The van der Waals surface area contributed by atoms with Crippen molar-refractivity contribution in [2.24, 2.45) is 5.92 Å². The van der Waals surface area contributed by atoms with Gasteiger partial charge in [0.2, 0.25) is 0 Å². The van der Waals surface area contributed by atoms with Gasteiger partial charge >= 0.3 is 23.9 Å². The summed E-state index contributed by atoms with van der Waals surface area (Å²) in [6.07, 6.45) is 4.45. The topological polar surface area (TPSA) is 146 Å². The molecule has 0 aromatic carbocycles. The van der Waals surface area contributed by atoms with Crippen LogP contribution < -0.4 is 0 Å². The van der Waals surface area contributed by atoms with Crippen molar-refractivity contribution in [3.05, 3.63) is 58.7 Å². The summed E-state index contributed by atoms with van der Waals surface area (Å²) in [6, 6.07) is 0. The highest BCUT2D eigenvalue weighted by atomic mass is 16.6. The highest BCUT2D eigenvalue weighted by Gasteiger charge is 2.45. The van der Waals surface area contributed by atoms with Crippen molar-refractivity contribution in [1.82, 2.24) is 0 Å². The molecule has 10 nitrogen and oxygen atoms in total. The lowest BCUT2D eigenvalue weighted by Gasteiger charge is -2.28. The maximum absolute atomic E-state index is 13.1. The Balaban J connectivity index is 2.34. The van der Waals surface area contributed by atoms with Crippen LogP contribution in [0, 0.1) is 5.92 Å². The first-order valence-corrected chi connectivity index (χ1v) is 11.9. The Morgan fingerprint density at radius 3 is 2.46 bits per heavy atom. The molecule has 37 heavy (non-hydrogen) atoms. The molecule has 10 heteroatoms. The van der Waals surface area contributed by atoms with Gasteiger partial charge in [0.1, 0.15) is 24.9 Å². The SMILES string of the molecule is C=C1C(=O)OC2C=C(C)C(OC(C)=O)CC=C(C)CC(OC(=O)C(=CCO)COC(=O)C(=CC)CO)C12. The Kier molecular flexibility index (Phi) is 11.0. The molecular formula is C27H34O10. The quantitative estimate of drug-likeness (QED) is 0.212. The van der Waals surface area contributed by atoms with Gasteiger partial charge in [0.05, 0.1) is 30.3 Å². The minimum absolute atomic E-state index is 0.0137. The van der Waals surface area contributed by atoms with Crippen molar-refractivity contribution in [2.45, 2.75) is 58.8 Å². The Labute approximate surface area is 215 Å². The number of carbonyl (C=O) groups is 4. The zero-order chi connectivity index (χ0) is 27.7. The highest BCUT2D eigenvalue weighted by Crippen LogP contribution is 2.36. The zero-order valence-corrected chi connectivity index (χ0v) is 21.5. The average molecular weight is 519 g/mol. The largest absolute Gasteiger partial charge is 0.458 e. The summed E-state index contributed by atoms with van der Waals surface area (Å²) >= 11 is 0. The Hall–Kier alpha value is -3.50. The smallest absolute Gasteiger partial charge is 0.337 e. The number of rotatable bonds is 8. The number of carbonyl (C=O) groups excluding carboxylic acids is 4. The molecule has 0 saturated carbocycles. The summed E-state index contributed by atoms with van der Waals surface area (Å²) in [5.74, 6) is -3.47. The molecule has 1 aliphatic heterocycles. The molecule has 1 heterocycles. The first kappa shape index (κ1) is 29.7. The minimum atomic E-state index is -0.872. The van der Waals surface area contributed by atoms with Crippen molar-refractivity contribution in [2.75, 3.05) is 19.8 Å². The van der Waals surface area contributed by atoms with Crippen molar-refractivity contribution >= 4 is 23.9 Å². The Morgan fingerprint density at radius 2 is 1.86 bits per heavy atom. The lowest BCUT2D eigenvalue weighted by Crippen LogP contribution is -2.35. The van der Waals surface area contributed by atoms with Crippen LogP contribution in [-0.2, 0) is 38.1 Å². The molecular weight excluding hydrogens is 484 g/mol. The third-order valence-electron chi connectivity index (χ3n) is 6.11. The molecule has 2 rings (SSSR count). The van der Waals surface area contributed by atoms with E-state index in [1.807, 2.05) is 13.0 Å². The predicted molar refractivity (Wildman–Crippen MR) is 132 cm³/mol. The van der Waals surface area contributed by atoms with Gasteiger partial charge in [-0.1, -0.05) is 24.3 Å². The number of hydrogen-bond donors (Lipinski definition) is 2. The average Bonchev–Trinajstić information content (AvgIpc) is 3.11. The summed E-state index contributed by atoms with van der Waals surface area (Å²) < 4.78 is 21.8. The maximum Gasteiger partial charge on any atom is 0.337 e. The van der Waals surface area contributed by atoms with Crippen molar-refractivity contribution in [1.29, 1.82) is 0 Å². The second-order valence-electron chi connectivity index (χ2n) is 8.82. The summed E-state index contributed by atoms with van der Waals surface area (Å²) in [6.45, 7) is 8.76. The van der Waals surface area contributed by atoms with E-state index in [0.717, 1.165) is 11.6 Å². The van der Waals surface area contributed by atoms with Gasteiger partial charge in [-0.15, -0.1) is 0 Å². The molecule has 1 aliphatic carbocycles. The van der Waals surface area contributed by atoms with Gasteiger partial charge < -0.3 is 29.2 Å². The number of allylic oxidation sites excluding steroid dienone is 1. The fourth-order valence-corrected chi connectivity index (χ4v) is 4.06. The first-order valence-electron chi connectivity index (χ1n) is 11.9. The molecule has 0 bridgehead atoms. The van der Waals surface area contributed by atoms with E-state index in [-0.39, 0.29) is 23.1 Å². The Morgan fingerprint density at radius 1 is 1.16 bits per heavy atom. The monoisotopic (exact) mass is 518 g/mol. The summed E-state index contributed by atoms with van der Waals surface area (Å²) in [7, 11) is 0. The standard InChI is InChI=1S/C27H34O10/c1-6-19(13-29)26(32)34-14-20(9-10-28)27(33)37-22-11-15(2)7-8-21(35-18(5)30)16(3)12-23-24(22)17(4)25(31)36-23/h6-7,9,12,21-24,28-29H,4,8,10-11,13-14H2,1-3,5H3. The van der Waals surface area contributed by atoms with Crippen LogP contribution in [0.2, 0.25) is 0 Å². The molecule has 0 aromatic heterocycles. The molecule has 4 unspecified atom stereocenters. The van der Waals surface area contributed by atoms with E-state index < -0.39 is 67.9 Å². The van der Waals surface area contributed by atoms with Crippen molar-refractivity contribution in [3.8, 4) is 0 Å². The second kappa shape index (κ2) is 13.7. The van der Waals surface area contributed by atoms with Crippen LogP contribution >= 0.6 is 0 Å². The van der Waals surface area contributed by atoms with Gasteiger partial charge in [-0.3, -0.25) is 4.79 Å². The third kappa shape index (κ3) is 7.99. The van der Waals surface area contributed by atoms with Gasteiger partial charge in [0.25, 0.3) is 0 Å². The summed E-state index contributed by atoms with van der Waals surface area (Å²) in [5, 5.41) is 18.6. The highest BCUT2D eigenvalue weighted by molar-refractivity contribution is 5.93. The number of ether oxygens (including phenoxy) is 4. The molecule has 0 amide bonds. The molecule has 4 atom stereocenters. The minimum Gasteiger partial charge on any atom is -0.458 e. The molecule has 1 saturated heterocycles. The van der Waals surface area contributed by atoms with E-state index >= 15 is 0 Å². The van der Waals surface area contributed by atoms with Crippen LogP contribution in [0.25, 0.3) is 0 Å². The van der Waals surface area contributed by atoms with Crippen LogP contribution in [-0.4, -0.2) is 72.2 Å². The van der Waals surface area contributed by atoms with Crippen LogP contribution in [0.1, 0.15) is 40.5 Å². The van der Waals surface area contributed by atoms with E-state index in [0.29, 0.717) is 12.0 Å². The fourth-order valence-electron chi connectivity index (χ4n) is 4.06. The summed E-state index contributed by atoms with van der Waals surface area (Å²) in [4.78, 5) is 49.2. The van der Waals surface area contributed by atoms with Crippen molar-refractivity contribution in [3.63, 3.8) is 0 Å². The maximum atomic E-state index is 13.1. The van der Waals surface area contributed by atoms with E-state index in [1.165, 1.54) is 13.0 Å². The third-order valence-corrected chi connectivity index (χ3v) is 6.11. The van der Waals surface area contributed by atoms with Crippen LogP contribution in [0.15, 0.2) is 58.7 Å². The molecule has 2 aliphatic rings. The number of hydrogen-bond acceptors (Lipinski definition) is 10. The number of aliphatic hydroxyl groups excluding tert-OH is 2. The number of fused-ring (bicyclic) bond motifs is 1. The van der Waals surface area contributed by atoms with Crippen LogP contribution in [0.5, 0.6) is 0 Å². The molecule has 2 N–H and O–H groups in total. The zero-order valence-electron chi connectivity index (χ0n) is 21.5. The van der Waals surface area contributed by atoms with E-state index in [4.69, 9.17) is 18.9 Å². The Bertz CT molecular complexity index is 1050. The molecule has 0 aromatic rings. The van der Waals surface area contributed by atoms with Crippen LogP contribution in [0.3, 0.4) is 0 Å². The van der Waals surface area contributed by atoms with Gasteiger partial charge in [-0.2, -0.15) is 0 Å². The molecule has 1 fully saturated rings. The summed E-state index contributed by atoms with van der Waals surface area (Å²) in [5.41, 5.74) is 1.51. The molecule has 0 radical (unpaired) electrons. The van der Waals surface area contributed by atoms with Crippen LogP contribution in [0.4, 0.5) is 0 Å². The lowest BCUT2D eigenvalue weighted by atomic mass is 9.85. The number of esters is 4. The normalized spacial score (nSPS) is 24.8. The number of aliphatic hydroxyl groups is 2. The van der Waals surface area contributed by atoms with Gasteiger partial charge in [0, 0.05) is 25.3 Å². The second-order valence-corrected chi connectivity index (χ2v) is 8.82. The van der Waals surface area contributed by atoms with Crippen molar-refractivity contribution < 1.29 is 48.3 Å². The fraction of sp³-hybridized carbons (Fsp3) is 0.481. The van der Waals surface area contributed by atoms with E-state index in [2.05, 4.69) is 6.58 Å². The van der Waals surface area contributed by atoms with E-state index in [1.54, 1.807) is 19.9 Å². The predicted octanol–water partition coefficient (Wildman–Crippen LogP) is 2.01. The molecule has 202 valence electrons. The van der Waals surface area contributed by atoms with Gasteiger partial charge in [-0.25, -0.2) is 14.4 Å². The van der Waals surface area contributed by atoms with E-state index in [9.17, 15) is 29.4 Å². The molecule has 0 spiro atoms. The van der Waals surface area contributed by atoms with Gasteiger partial charge in [-0.05, 0) is 38.5 Å².